The summed E-state index contributed by atoms with van der Waals surface area (Å²) >= 11 is 0. The fraction of sp³-hybridized carbons (Fsp3) is 0.542. The van der Waals surface area contributed by atoms with Crippen LogP contribution >= 0.6 is 0 Å². The van der Waals surface area contributed by atoms with Gasteiger partial charge in [-0.2, -0.15) is 0 Å². The van der Waals surface area contributed by atoms with Gasteiger partial charge in [-0.25, -0.2) is 0 Å². The SMILES string of the molecule is CN=C(NCCCOCC1CCCO1)NCc1ccccc1CN(C)Cc1ccco1. The second kappa shape index (κ2) is 13.1. The molecule has 1 aliphatic rings. The number of nitrogens with one attached hydrogen (secondary N) is 2. The lowest BCUT2D eigenvalue weighted by molar-refractivity contribution is 0.0168. The molecule has 1 fully saturated rings. The van der Waals surface area contributed by atoms with Crippen molar-refractivity contribution < 1.29 is 13.9 Å². The largest absolute Gasteiger partial charge is 0.468 e. The highest BCUT2D eigenvalue weighted by molar-refractivity contribution is 5.79. The average molecular weight is 429 g/mol. The van der Waals surface area contributed by atoms with E-state index in [1.807, 2.05) is 12.1 Å². The summed E-state index contributed by atoms with van der Waals surface area (Å²) < 4.78 is 16.7. The van der Waals surface area contributed by atoms with Crippen molar-refractivity contribution in [2.45, 2.75) is 45.0 Å². The van der Waals surface area contributed by atoms with Crippen LogP contribution in [0.2, 0.25) is 0 Å². The summed E-state index contributed by atoms with van der Waals surface area (Å²) in [6, 6.07) is 12.4. The number of ether oxygens (including phenoxy) is 2. The van der Waals surface area contributed by atoms with Crippen LogP contribution in [0.25, 0.3) is 0 Å². The van der Waals surface area contributed by atoms with Crippen LogP contribution in [-0.4, -0.2) is 57.4 Å². The molecule has 1 aromatic carbocycles. The number of hydrogen-bond acceptors (Lipinski definition) is 5. The molecule has 3 rings (SSSR count). The molecule has 0 bridgehead atoms. The van der Waals surface area contributed by atoms with Crippen LogP contribution in [0.4, 0.5) is 0 Å². The highest BCUT2D eigenvalue weighted by Gasteiger charge is 2.15. The van der Waals surface area contributed by atoms with E-state index in [1.165, 1.54) is 11.1 Å². The van der Waals surface area contributed by atoms with Gasteiger partial charge in [0, 0.05) is 39.9 Å². The topological polar surface area (TPSA) is 71.3 Å². The normalized spacial score (nSPS) is 16.7. The number of aliphatic imine (C=N–C) groups is 1. The highest BCUT2D eigenvalue weighted by atomic mass is 16.5. The average Bonchev–Trinajstić information content (AvgIpc) is 3.48. The lowest BCUT2D eigenvalue weighted by Crippen LogP contribution is -2.37. The van der Waals surface area contributed by atoms with Crippen molar-refractivity contribution >= 4 is 5.96 Å². The summed E-state index contributed by atoms with van der Waals surface area (Å²) in [5.74, 6) is 1.78. The molecular weight excluding hydrogens is 392 g/mol. The third kappa shape index (κ3) is 8.36. The lowest BCUT2D eigenvalue weighted by atomic mass is 10.1. The summed E-state index contributed by atoms with van der Waals surface area (Å²) in [5, 5.41) is 6.78. The maximum Gasteiger partial charge on any atom is 0.191 e. The Labute approximate surface area is 185 Å². The summed E-state index contributed by atoms with van der Waals surface area (Å²) in [7, 11) is 3.90. The Balaban J connectivity index is 1.36. The van der Waals surface area contributed by atoms with E-state index in [9.17, 15) is 0 Å². The maximum atomic E-state index is 5.72. The Hall–Kier alpha value is -2.35. The number of guanidine groups is 1. The first-order valence-electron chi connectivity index (χ1n) is 11.2. The molecule has 1 aliphatic heterocycles. The van der Waals surface area contributed by atoms with E-state index in [1.54, 1.807) is 13.3 Å². The minimum absolute atomic E-state index is 0.292. The number of hydrogen-bond donors (Lipinski definition) is 2. The zero-order chi connectivity index (χ0) is 21.7. The van der Waals surface area contributed by atoms with Crippen LogP contribution in [-0.2, 0) is 29.1 Å². The molecule has 170 valence electrons. The van der Waals surface area contributed by atoms with Gasteiger partial charge >= 0.3 is 0 Å². The molecule has 2 heterocycles. The molecule has 1 aromatic heterocycles. The van der Waals surface area contributed by atoms with Gasteiger partial charge in [0.05, 0.1) is 25.5 Å². The Morgan fingerprint density at radius 1 is 1.16 bits per heavy atom. The van der Waals surface area contributed by atoms with Crippen LogP contribution in [0.1, 0.15) is 36.1 Å². The molecule has 1 atom stereocenters. The van der Waals surface area contributed by atoms with Gasteiger partial charge in [-0.15, -0.1) is 0 Å². The van der Waals surface area contributed by atoms with Crippen molar-refractivity contribution in [1.29, 1.82) is 0 Å². The Morgan fingerprint density at radius 2 is 2.03 bits per heavy atom. The standard InChI is InChI=1S/C24H36N4O3/c1-25-24(26-12-7-13-29-19-23-11-6-15-31-23)27-16-20-8-3-4-9-21(20)17-28(2)18-22-10-5-14-30-22/h3-5,8-10,14,23H,6-7,11-13,15-19H2,1-2H3,(H2,25,26,27). The van der Waals surface area contributed by atoms with Gasteiger partial charge in [0.2, 0.25) is 0 Å². The van der Waals surface area contributed by atoms with Crippen molar-refractivity contribution in [3.63, 3.8) is 0 Å². The highest BCUT2D eigenvalue weighted by Crippen LogP contribution is 2.14. The molecule has 0 radical (unpaired) electrons. The van der Waals surface area contributed by atoms with Crippen LogP contribution in [0.3, 0.4) is 0 Å². The molecule has 1 saturated heterocycles. The zero-order valence-corrected chi connectivity index (χ0v) is 18.8. The van der Waals surface area contributed by atoms with Gasteiger partial charge < -0.3 is 24.5 Å². The van der Waals surface area contributed by atoms with E-state index in [4.69, 9.17) is 13.9 Å². The molecule has 0 saturated carbocycles. The number of benzene rings is 1. The minimum atomic E-state index is 0.292. The maximum absolute atomic E-state index is 5.72. The van der Waals surface area contributed by atoms with E-state index in [0.717, 1.165) is 70.4 Å². The van der Waals surface area contributed by atoms with Crippen LogP contribution in [0, 0.1) is 0 Å². The van der Waals surface area contributed by atoms with Crippen LogP contribution in [0.5, 0.6) is 0 Å². The molecule has 0 spiro atoms. The van der Waals surface area contributed by atoms with E-state index in [-0.39, 0.29) is 0 Å². The van der Waals surface area contributed by atoms with E-state index < -0.39 is 0 Å². The first-order chi connectivity index (χ1) is 15.2. The summed E-state index contributed by atoms with van der Waals surface area (Å²) in [6.07, 6.45) is 5.22. The Kier molecular flexibility index (Phi) is 9.89. The molecule has 0 aliphatic carbocycles. The van der Waals surface area contributed by atoms with E-state index in [0.29, 0.717) is 12.7 Å². The van der Waals surface area contributed by atoms with Gasteiger partial charge in [0.25, 0.3) is 0 Å². The molecule has 7 nitrogen and oxygen atoms in total. The molecule has 1 unspecified atom stereocenters. The fourth-order valence-corrected chi connectivity index (χ4v) is 3.67. The van der Waals surface area contributed by atoms with Crippen LogP contribution in [0.15, 0.2) is 52.1 Å². The lowest BCUT2D eigenvalue weighted by Gasteiger charge is -2.19. The smallest absolute Gasteiger partial charge is 0.191 e. The molecule has 31 heavy (non-hydrogen) atoms. The van der Waals surface area contributed by atoms with Gasteiger partial charge in [0.15, 0.2) is 5.96 Å². The molecule has 2 aromatic rings. The second-order valence-corrected chi connectivity index (χ2v) is 7.94. The van der Waals surface area contributed by atoms with Gasteiger partial charge in [-0.1, -0.05) is 24.3 Å². The van der Waals surface area contributed by atoms with Crippen molar-refractivity contribution in [2.24, 2.45) is 4.99 Å². The summed E-state index contributed by atoms with van der Waals surface area (Å²) in [4.78, 5) is 6.59. The van der Waals surface area contributed by atoms with Gasteiger partial charge in [-0.05, 0) is 49.6 Å². The van der Waals surface area contributed by atoms with Crippen molar-refractivity contribution in [2.75, 3.05) is 40.5 Å². The Bertz CT molecular complexity index is 773. The van der Waals surface area contributed by atoms with Crippen molar-refractivity contribution in [3.8, 4) is 0 Å². The van der Waals surface area contributed by atoms with Crippen molar-refractivity contribution in [3.05, 3.63) is 59.5 Å². The molecule has 0 amide bonds. The summed E-state index contributed by atoms with van der Waals surface area (Å²) in [6.45, 7) is 5.49. The third-order valence-corrected chi connectivity index (χ3v) is 5.32. The predicted octanol–water partition coefficient (Wildman–Crippen LogP) is 3.16. The number of nitrogens with zero attached hydrogens (tertiary/aromatic N) is 2. The second-order valence-electron chi connectivity index (χ2n) is 7.94. The van der Waals surface area contributed by atoms with E-state index >= 15 is 0 Å². The quantitative estimate of drug-likeness (QED) is 0.307. The molecular formula is C24H36N4O3. The van der Waals surface area contributed by atoms with Crippen molar-refractivity contribution in [1.82, 2.24) is 15.5 Å². The predicted molar refractivity (Wildman–Crippen MR) is 123 cm³/mol. The summed E-state index contributed by atoms with van der Waals surface area (Å²) in [5.41, 5.74) is 2.55. The number of rotatable bonds is 12. The minimum Gasteiger partial charge on any atom is -0.468 e. The first-order valence-corrected chi connectivity index (χ1v) is 11.2. The Morgan fingerprint density at radius 3 is 2.77 bits per heavy atom. The van der Waals surface area contributed by atoms with E-state index in [2.05, 4.69) is 51.8 Å². The third-order valence-electron chi connectivity index (χ3n) is 5.32. The molecule has 2 N–H and O–H groups in total. The van der Waals surface area contributed by atoms with Gasteiger partial charge in [-0.3, -0.25) is 9.89 Å². The van der Waals surface area contributed by atoms with Crippen LogP contribution < -0.4 is 10.6 Å². The zero-order valence-electron chi connectivity index (χ0n) is 18.8. The fourth-order valence-electron chi connectivity index (χ4n) is 3.67. The number of furan rings is 1. The first kappa shape index (κ1) is 23.3. The van der Waals surface area contributed by atoms with Gasteiger partial charge in [0.1, 0.15) is 5.76 Å². The monoisotopic (exact) mass is 428 g/mol. The molecule has 7 heteroatoms.